The fraction of sp³-hybridized carbons (Fsp3) is 0.483. The average Bonchev–Trinajstić information content (AvgIpc) is 3.64. The highest BCUT2D eigenvalue weighted by Gasteiger charge is 2.48. The van der Waals surface area contributed by atoms with Gasteiger partial charge in [-0.2, -0.15) is 0 Å². The van der Waals surface area contributed by atoms with E-state index in [1.165, 1.54) is 10.9 Å². The monoisotopic (exact) mass is 590 g/mol. The number of benzene rings is 1. The third-order valence-corrected chi connectivity index (χ3v) is 7.95. The van der Waals surface area contributed by atoms with Crippen LogP contribution < -0.4 is 16.8 Å². The van der Waals surface area contributed by atoms with E-state index in [9.17, 15) is 19.8 Å². The maximum Gasteiger partial charge on any atom is 0.410 e. The molecule has 14 heteroatoms. The molecule has 3 fully saturated rings. The number of aliphatic hydroxyl groups is 2. The largest absolute Gasteiger partial charge is 0.445 e. The molecule has 6 rings (SSSR count). The third kappa shape index (κ3) is 6.34. The molecule has 43 heavy (non-hydrogen) atoms. The van der Waals surface area contributed by atoms with Crippen LogP contribution in [0.15, 0.2) is 30.6 Å². The highest BCUT2D eigenvalue weighted by atomic mass is 16.6. The summed E-state index contributed by atoms with van der Waals surface area (Å²) < 4.78 is 12.6. The number of fused-ring (bicyclic) bond motifs is 1. The van der Waals surface area contributed by atoms with Crippen molar-refractivity contribution < 1.29 is 29.3 Å². The van der Waals surface area contributed by atoms with Crippen molar-refractivity contribution in [2.45, 2.75) is 69.3 Å². The molecule has 0 bridgehead atoms. The van der Waals surface area contributed by atoms with Gasteiger partial charge >= 0.3 is 6.09 Å². The maximum atomic E-state index is 12.5. The van der Waals surface area contributed by atoms with Gasteiger partial charge in [0.1, 0.15) is 24.3 Å². The third-order valence-electron chi connectivity index (χ3n) is 7.95. The highest BCUT2D eigenvalue weighted by Crippen LogP contribution is 2.33. The summed E-state index contributed by atoms with van der Waals surface area (Å²) in [4.78, 5) is 39.7. The van der Waals surface area contributed by atoms with Crippen LogP contribution in [0.2, 0.25) is 0 Å². The van der Waals surface area contributed by atoms with Crippen LogP contribution in [-0.2, 0) is 20.9 Å². The lowest BCUT2D eigenvalue weighted by Crippen LogP contribution is -2.43. The van der Waals surface area contributed by atoms with Gasteiger partial charge in [0, 0.05) is 31.2 Å². The van der Waals surface area contributed by atoms with Crippen LogP contribution in [-0.4, -0.2) is 84.1 Å². The Morgan fingerprint density at radius 3 is 2.53 bits per heavy atom. The van der Waals surface area contributed by atoms with Gasteiger partial charge in [-0.3, -0.25) is 9.36 Å². The van der Waals surface area contributed by atoms with E-state index >= 15 is 0 Å². The number of rotatable bonds is 6. The van der Waals surface area contributed by atoms with Crippen LogP contribution in [0.3, 0.4) is 0 Å². The van der Waals surface area contributed by atoms with Gasteiger partial charge in [-0.25, -0.2) is 19.7 Å². The number of nitrogens with two attached hydrogens (primary N) is 2. The number of nitrogens with one attached hydrogen (secondary N) is 1. The van der Waals surface area contributed by atoms with Gasteiger partial charge in [-0.05, 0) is 55.2 Å². The second kappa shape index (κ2) is 12.0. The van der Waals surface area contributed by atoms with Crippen LogP contribution in [0.5, 0.6) is 0 Å². The molecule has 4 heterocycles. The number of likely N-dealkylation sites (tertiary alicyclic amines) is 1. The SMILES string of the molecule is Nc1ccc(COC(=O)N2CCC(CC#Cc3nc(N)c4ncn([C@@H]5O[C@H](C(=O)NC6CC6)[C@H](O)C5O)c4n3)CC2)cc1. The second-order valence-corrected chi connectivity index (χ2v) is 11.2. The molecule has 0 radical (unpaired) electrons. The first-order chi connectivity index (χ1) is 20.8. The topological polar surface area (TPSA) is 204 Å². The number of hydrogen-bond acceptors (Lipinski definition) is 11. The first-order valence-electron chi connectivity index (χ1n) is 14.3. The number of ether oxygens (including phenoxy) is 2. The number of imidazole rings is 1. The van der Waals surface area contributed by atoms with Gasteiger partial charge in [0.2, 0.25) is 5.82 Å². The molecule has 3 aromatic rings. The van der Waals surface area contributed by atoms with E-state index in [1.807, 2.05) is 12.1 Å². The predicted molar refractivity (Wildman–Crippen MR) is 154 cm³/mol. The quantitative estimate of drug-likeness (QED) is 0.199. The zero-order chi connectivity index (χ0) is 30.1. The normalized spacial score (nSPS) is 24.0. The molecule has 2 aromatic heterocycles. The summed E-state index contributed by atoms with van der Waals surface area (Å²) in [5.74, 6) is 6.19. The summed E-state index contributed by atoms with van der Waals surface area (Å²) in [6.45, 7) is 1.35. The lowest BCUT2D eigenvalue weighted by Gasteiger charge is -2.30. The first kappa shape index (κ1) is 28.7. The molecule has 3 aliphatic rings. The van der Waals surface area contributed by atoms with Crippen molar-refractivity contribution in [3.8, 4) is 11.8 Å². The van der Waals surface area contributed by atoms with E-state index in [-0.39, 0.29) is 41.5 Å². The molecule has 2 saturated heterocycles. The van der Waals surface area contributed by atoms with E-state index in [1.54, 1.807) is 17.0 Å². The van der Waals surface area contributed by atoms with Crippen molar-refractivity contribution in [2.24, 2.45) is 5.92 Å². The standard InChI is InChI=1S/C29H34N8O6/c30-18-6-4-17(5-7-18)14-42-29(41)36-12-10-16(11-13-36)2-1-3-20-34-25(31)21-26(35-20)37(15-32-21)28-23(39)22(38)24(43-28)27(40)33-19-8-9-19/h4-7,15-16,19,22-24,28,38-39H,2,8-14,30H2,(H,33,40)(H2,31,34,35)/t22-,23?,24+,28-/m1/s1. The molecular formula is C29H34N8O6. The molecule has 1 aromatic carbocycles. The lowest BCUT2D eigenvalue weighted by atomic mass is 9.94. The number of nitrogen functional groups attached to an aromatic ring is 2. The molecule has 1 unspecified atom stereocenters. The number of aromatic nitrogens is 4. The maximum absolute atomic E-state index is 12.5. The Labute approximate surface area is 247 Å². The molecule has 2 aliphatic heterocycles. The summed E-state index contributed by atoms with van der Waals surface area (Å²) in [5.41, 5.74) is 13.9. The molecule has 0 spiro atoms. The van der Waals surface area contributed by atoms with E-state index in [0.29, 0.717) is 31.1 Å². The Kier molecular flexibility index (Phi) is 8.02. The number of piperidine rings is 1. The van der Waals surface area contributed by atoms with Crippen molar-refractivity contribution in [3.05, 3.63) is 42.0 Å². The van der Waals surface area contributed by atoms with Gasteiger partial charge < -0.3 is 41.4 Å². The minimum absolute atomic E-state index is 0.0808. The van der Waals surface area contributed by atoms with Crippen molar-refractivity contribution in [3.63, 3.8) is 0 Å². The zero-order valence-electron chi connectivity index (χ0n) is 23.4. The number of nitrogens with zero attached hydrogens (tertiary/aromatic N) is 5. The fourth-order valence-corrected chi connectivity index (χ4v) is 5.24. The highest BCUT2D eigenvalue weighted by molar-refractivity contribution is 5.83. The van der Waals surface area contributed by atoms with E-state index in [0.717, 1.165) is 31.2 Å². The summed E-state index contributed by atoms with van der Waals surface area (Å²) in [6.07, 6.45) is -0.179. The van der Waals surface area contributed by atoms with E-state index in [2.05, 4.69) is 32.1 Å². The molecule has 226 valence electrons. The van der Waals surface area contributed by atoms with Crippen LogP contribution in [0.25, 0.3) is 11.2 Å². The second-order valence-electron chi connectivity index (χ2n) is 11.2. The predicted octanol–water partition coefficient (Wildman–Crippen LogP) is 0.679. The van der Waals surface area contributed by atoms with Crippen LogP contribution in [0.4, 0.5) is 16.3 Å². The summed E-state index contributed by atoms with van der Waals surface area (Å²) in [7, 11) is 0. The minimum Gasteiger partial charge on any atom is -0.445 e. The molecule has 1 aliphatic carbocycles. The molecule has 4 atom stereocenters. The minimum atomic E-state index is -1.42. The molecule has 14 nitrogen and oxygen atoms in total. The Morgan fingerprint density at radius 2 is 1.81 bits per heavy atom. The lowest BCUT2D eigenvalue weighted by molar-refractivity contribution is -0.137. The molecular weight excluding hydrogens is 556 g/mol. The van der Waals surface area contributed by atoms with Gasteiger partial charge in [0.05, 0.1) is 6.33 Å². The average molecular weight is 591 g/mol. The smallest absolute Gasteiger partial charge is 0.410 e. The van der Waals surface area contributed by atoms with E-state index < -0.39 is 30.4 Å². The van der Waals surface area contributed by atoms with E-state index in [4.69, 9.17) is 20.9 Å². The number of anilines is 2. The van der Waals surface area contributed by atoms with Gasteiger partial charge in [-0.1, -0.05) is 18.1 Å². The van der Waals surface area contributed by atoms with Gasteiger partial charge in [-0.15, -0.1) is 0 Å². The number of carbonyl (C=O) groups excluding carboxylic acids is 2. The summed E-state index contributed by atoms with van der Waals surface area (Å²) >= 11 is 0. The molecule has 2 amide bonds. The number of aliphatic hydroxyl groups excluding tert-OH is 2. The van der Waals surface area contributed by atoms with Crippen LogP contribution in [0.1, 0.15) is 49.7 Å². The van der Waals surface area contributed by atoms with Crippen molar-refractivity contribution in [1.82, 2.24) is 29.7 Å². The number of carbonyl (C=O) groups is 2. The summed E-state index contributed by atoms with van der Waals surface area (Å²) in [5, 5.41) is 24.0. The van der Waals surface area contributed by atoms with Crippen molar-refractivity contribution in [1.29, 1.82) is 0 Å². The number of amides is 2. The Balaban J connectivity index is 1.05. The van der Waals surface area contributed by atoms with Crippen LogP contribution >= 0.6 is 0 Å². The number of hydrogen-bond donors (Lipinski definition) is 5. The van der Waals surface area contributed by atoms with Crippen molar-refractivity contribution in [2.75, 3.05) is 24.6 Å². The Hall–Kier alpha value is -4.45. The fourth-order valence-electron chi connectivity index (χ4n) is 5.24. The summed E-state index contributed by atoms with van der Waals surface area (Å²) in [6, 6.07) is 7.29. The molecule has 1 saturated carbocycles. The Bertz CT molecular complexity index is 1550. The van der Waals surface area contributed by atoms with Gasteiger partial charge in [0.25, 0.3) is 5.91 Å². The Morgan fingerprint density at radius 1 is 1.07 bits per heavy atom. The molecule has 7 N–H and O–H groups in total. The van der Waals surface area contributed by atoms with Crippen LogP contribution in [0, 0.1) is 17.8 Å². The van der Waals surface area contributed by atoms with Crippen molar-refractivity contribution >= 4 is 34.7 Å². The zero-order valence-corrected chi connectivity index (χ0v) is 23.4. The van der Waals surface area contributed by atoms with Gasteiger partial charge in [0.15, 0.2) is 23.8 Å². The first-order valence-corrected chi connectivity index (χ1v) is 14.3.